The fourth-order valence-corrected chi connectivity index (χ4v) is 8.21. The van der Waals surface area contributed by atoms with Crippen molar-refractivity contribution in [1.29, 1.82) is 0 Å². The molecular formula is C53H91O12P. The topological polar surface area (TPSA) is 192 Å². The van der Waals surface area contributed by atoms with E-state index in [2.05, 4.69) is 98.9 Å². The molecule has 1 fully saturated rings. The molecule has 0 aromatic rings. The number of ether oxygens (including phenoxy) is 2. The number of hydrogen-bond acceptors (Lipinski definition) is 11. The zero-order valence-electron chi connectivity index (χ0n) is 40.7. The van der Waals surface area contributed by atoms with Crippen LogP contribution in [0.4, 0.5) is 0 Å². The summed E-state index contributed by atoms with van der Waals surface area (Å²) < 4.78 is 34.3. The SMILES string of the molecule is CC/C=C\C/C=C\C/C=C\C/C=C\CCCCCCCOCC(COP(=O)(O)OC1C(O)C(O)C(O)C(O)C1O)OC(=O)CCCCCCCC/C=C\C/C=C\C/C=C\CCCCCCC. The van der Waals surface area contributed by atoms with Crippen LogP contribution in [0.1, 0.15) is 181 Å². The summed E-state index contributed by atoms with van der Waals surface area (Å²) >= 11 is 0. The number of carbonyl (C=O) groups excluding carboxylic acids is 1. The Morgan fingerprint density at radius 3 is 1.36 bits per heavy atom. The van der Waals surface area contributed by atoms with Gasteiger partial charge in [-0.2, -0.15) is 0 Å². The number of unbranched alkanes of at least 4 members (excludes halogenated alkanes) is 16. The van der Waals surface area contributed by atoms with Crippen LogP contribution in [0.3, 0.4) is 0 Å². The predicted molar refractivity (Wildman–Crippen MR) is 267 cm³/mol. The second kappa shape index (κ2) is 42.6. The van der Waals surface area contributed by atoms with Crippen molar-refractivity contribution >= 4 is 13.8 Å². The normalized spacial score (nSPS) is 22.1. The number of aliphatic hydroxyl groups is 5. The van der Waals surface area contributed by atoms with Gasteiger partial charge in [-0.3, -0.25) is 13.8 Å². The van der Waals surface area contributed by atoms with Crippen LogP contribution in [-0.4, -0.2) is 98.9 Å². The lowest BCUT2D eigenvalue weighted by Crippen LogP contribution is -2.64. The molecule has 66 heavy (non-hydrogen) atoms. The molecule has 0 radical (unpaired) electrons. The molecule has 6 unspecified atom stereocenters. The summed E-state index contributed by atoms with van der Waals surface area (Å²) in [7, 11) is -5.04. The molecule has 13 heteroatoms. The van der Waals surface area contributed by atoms with E-state index in [-0.39, 0.29) is 13.0 Å². The van der Waals surface area contributed by atoms with Gasteiger partial charge >= 0.3 is 13.8 Å². The number of carbonyl (C=O) groups is 1. The van der Waals surface area contributed by atoms with Crippen molar-refractivity contribution in [3.63, 3.8) is 0 Å². The number of rotatable bonds is 42. The van der Waals surface area contributed by atoms with E-state index in [1.54, 1.807) is 0 Å². The molecule has 380 valence electrons. The molecule has 0 heterocycles. The molecule has 0 saturated heterocycles. The Hall–Kier alpha value is -2.48. The Labute approximate surface area is 399 Å². The molecule has 6 atom stereocenters. The lowest BCUT2D eigenvalue weighted by Gasteiger charge is -2.41. The zero-order valence-corrected chi connectivity index (χ0v) is 41.6. The Morgan fingerprint density at radius 1 is 0.500 bits per heavy atom. The molecule has 1 rings (SSSR count). The fourth-order valence-electron chi connectivity index (χ4n) is 7.24. The maximum Gasteiger partial charge on any atom is 0.472 e. The molecule has 1 aliphatic carbocycles. The number of phosphoric acid groups is 1. The molecule has 0 aromatic heterocycles. The molecule has 6 N–H and O–H groups in total. The van der Waals surface area contributed by atoms with Gasteiger partial charge in [-0.1, -0.05) is 170 Å². The molecule has 0 spiro atoms. The van der Waals surface area contributed by atoms with Crippen molar-refractivity contribution < 1.29 is 58.3 Å². The van der Waals surface area contributed by atoms with Crippen molar-refractivity contribution in [1.82, 2.24) is 0 Å². The Morgan fingerprint density at radius 2 is 0.894 bits per heavy atom. The number of hydrogen-bond donors (Lipinski definition) is 6. The van der Waals surface area contributed by atoms with Crippen LogP contribution in [0.5, 0.6) is 0 Å². The Bertz CT molecular complexity index is 1410. The number of allylic oxidation sites excluding steroid dienone is 14. The minimum atomic E-state index is -5.04. The highest BCUT2D eigenvalue weighted by Crippen LogP contribution is 2.47. The number of aliphatic hydroxyl groups excluding tert-OH is 5. The highest BCUT2D eigenvalue weighted by Gasteiger charge is 2.51. The van der Waals surface area contributed by atoms with Crippen molar-refractivity contribution in [2.75, 3.05) is 19.8 Å². The lowest BCUT2D eigenvalue weighted by atomic mass is 9.85. The van der Waals surface area contributed by atoms with Crippen LogP contribution in [0, 0.1) is 0 Å². The van der Waals surface area contributed by atoms with Crippen LogP contribution in [0.25, 0.3) is 0 Å². The first kappa shape index (κ1) is 61.5. The monoisotopic (exact) mass is 951 g/mol. The van der Waals surface area contributed by atoms with Gasteiger partial charge in [0.1, 0.15) is 42.7 Å². The third-order valence-corrected chi connectivity index (χ3v) is 12.2. The van der Waals surface area contributed by atoms with Crippen LogP contribution in [0.15, 0.2) is 85.1 Å². The van der Waals surface area contributed by atoms with E-state index in [1.165, 1.54) is 38.5 Å². The Balaban J connectivity index is 2.39. The van der Waals surface area contributed by atoms with Crippen molar-refractivity contribution in [2.45, 2.75) is 224 Å². The summed E-state index contributed by atoms with van der Waals surface area (Å²) in [6.07, 6.45) is 45.0. The quantitative estimate of drug-likeness (QED) is 0.0147. The van der Waals surface area contributed by atoms with Gasteiger partial charge in [0, 0.05) is 13.0 Å². The summed E-state index contributed by atoms with van der Waals surface area (Å²) in [4.78, 5) is 23.2. The average Bonchev–Trinajstić information content (AvgIpc) is 3.30. The molecule has 0 aliphatic heterocycles. The van der Waals surface area contributed by atoms with E-state index in [9.17, 15) is 39.8 Å². The van der Waals surface area contributed by atoms with Crippen LogP contribution < -0.4 is 0 Å². The average molecular weight is 951 g/mol. The van der Waals surface area contributed by atoms with E-state index in [0.29, 0.717) is 13.0 Å². The lowest BCUT2D eigenvalue weighted by molar-refractivity contribution is -0.220. The molecule has 0 amide bonds. The predicted octanol–water partition coefficient (Wildman–Crippen LogP) is 11.3. The van der Waals surface area contributed by atoms with E-state index in [1.807, 2.05) is 0 Å². The van der Waals surface area contributed by atoms with Crippen LogP contribution in [0.2, 0.25) is 0 Å². The highest BCUT2D eigenvalue weighted by molar-refractivity contribution is 7.47. The summed E-state index contributed by atoms with van der Waals surface area (Å²) in [6.45, 7) is 4.08. The minimum Gasteiger partial charge on any atom is -0.457 e. The highest BCUT2D eigenvalue weighted by atomic mass is 31.2. The van der Waals surface area contributed by atoms with Gasteiger partial charge in [0.2, 0.25) is 0 Å². The smallest absolute Gasteiger partial charge is 0.457 e. The van der Waals surface area contributed by atoms with Gasteiger partial charge in [0.05, 0.1) is 13.2 Å². The van der Waals surface area contributed by atoms with Gasteiger partial charge < -0.3 is 39.9 Å². The van der Waals surface area contributed by atoms with Crippen molar-refractivity contribution in [3.05, 3.63) is 85.1 Å². The van der Waals surface area contributed by atoms with Crippen LogP contribution >= 0.6 is 7.82 Å². The van der Waals surface area contributed by atoms with Crippen molar-refractivity contribution in [2.24, 2.45) is 0 Å². The summed E-state index contributed by atoms with van der Waals surface area (Å²) in [5.41, 5.74) is 0. The van der Waals surface area contributed by atoms with Gasteiger partial charge in [0.25, 0.3) is 0 Å². The van der Waals surface area contributed by atoms with Gasteiger partial charge in [-0.15, -0.1) is 0 Å². The first-order chi connectivity index (χ1) is 32.0. The Kier molecular flexibility index (Phi) is 39.7. The third-order valence-electron chi connectivity index (χ3n) is 11.3. The molecule has 1 aliphatic rings. The van der Waals surface area contributed by atoms with E-state index < -0.39 is 63.1 Å². The zero-order chi connectivity index (χ0) is 48.4. The summed E-state index contributed by atoms with van der Waals surface area (Å²) in [6, 6.07) is 0. The van der Waals surface area contributed by atoms with E-state index >= 15 is 0 Å². The maximum atomic E-state index is 12.9. The second-order valence-corrected chi connectivity index (χ2v) is 18.7. The second-order valence-electron chi connectivity index (χ2n) is 17.3. The van der Waals surface area contributed by atoms with Gasteiger partial charge in [0.15, 0.2) is 0 Å². The van der Waals surface area contributed by atoms with Crippen LogP contribution in [-0.2, 0) is 27.9 Å². The number of phosphoric ester groups is 1. The third kappa shape index (κ3) is 33.9. The molecular weight excluding hydrogens is 860 g/mol. The maximum absolute atomic E-state index is 12.9. The molecule has 0 aromatic carbocycles. The molecule has 1 saturated carbocycles. The van der Waals surface area contributed by atoms with Crippen molar-refractivity contribution in [3.8, 4) is 0 Å². The summed E-state index contributed by atoms with van der Waals surface area (Å²) in [5, 5.41) is 50.3. The standard InChI is InChI=1S/C53H91O12P/c1-3-5-7-9-11-13-15-17-19-21-23-24-25-26-28-30-32-34-36-38-40-42-47(54)64-46(45-63-66(60,61)65-53-51(58)49(56)48(55)50(57)52(53)59)44-62-43-41-39-37-35-33-31-29-27-22-20-18-16-14-12-10-8-6-4-2/h6,8,12,14-15,17-18,20-21,23,25-27,29,46,48-53,55-59H,3-5,7,9-11,13,16,19,22,24,28,30-45H2,1-2H3,(H,60,61)/b8-6-,14-12-,17-15-,20-18-,23-21-,26-25-,29-27-. The first-order valence-corrected chi connectivity index (χ1v) is 26.9. The summed E-state index contributed by atoms with van der Waals surface area (Å²) in [5.74, 6) is -0.500. The number of esters is 1. The van der Waals surface area contributed by atoms with Gasteiger partial charge in [-0.25, -0.2) is 4.57 Å². The van der Waals surface area contributed by atoms with E-state index in [4.69, 9.17) is 18.5 Å². The fraction of sp³-hybridized carbons (Fsp3) is 0.717. The van der Waals surface area contributed by atoms with Gasteiger partial charge in [-0.05, 0) is 89.9 Å². The van der Waals surface area contributed by atoms with E-state index in [0.717, 1.165) is 116 Å². The first-order valence-electron chi connectivity index (χ1n) is 25.4. The molecule has 12 nitrogen and oxygen atoms in total. The minimum absolute atomic E-state index is 0.0999. The molecule has 0 bridgehead atoms. The largest absolute Gasteiger partial charge is 0.472 e.